The van der Waals surface area contributed by atoms with Gasteiger partial charge in [0.15, 0.2) is 0 Å². The first-order valence-electron chi connectivity index (χ1n) is 9.14. The lowest BCUT2D eigenvalue weighted by Crippen LogP contribution is -2.43. The summed E-state index contributed by atoms with van der Waals surface area (Å²) in [5.74, 6) is -1.14. The zero-order valence-electron chi connectivity index (χ0n) is 15.4. The van der Waals surface area contributed by atoms with Gasteiger partial charge in [0.2, 0.25) is 11.8 Å². The Hall–Kier alpha value is -2.37. The molecule has 0 aliphatic carbocycles. The molecule has 2 aliphatic heterocycles. The van der Waals surface area contributed by atoms with Gasteiger partial charge in [-0.2, -0.15) is 0 Å². The first-order chi connectivity index (χ1) is 12.3. The highest BCUT2D eigenvalue weighted by Gasteiger charge is 2.54. The molecule has 140 valence electrons. The minimum Gasteiger partial charge on any atom is -0.481 e. The molecule has 0 aromatic heterocycles. The van der Waals surface area contributed by atoms with Gasteiger partial charge in [0.1, 0.15) is 0 Å². The molecule has 0 spiro atoms. The van der Waals surface area contributed by atoms with Crippen LogP contribution in [0.15, 0.2) is 24.3 Å². The van der Waals surface area contributed by atoms with Crippen molar-refractivity contribution >= 4 is 17.8 Å². The number of hydrogen-bond acceptors (Lipinski definition) is 3. The van der Waals surface area contributed by atoms with E-state index in [2.05, 4.69) is 0 Å². The third-order valence-electron chi connectivity index (χ3n) is 5.89. The highest BCUT2D eigenvalue weighted by atomic mass is 16.4. The summed E-state index contributed by atoms with van der Waals surface area (Å²) in [6.07, 6.45) is 1.47. The van der Waals surface area contributed by atoms with Gasteiger partial charge in [-0.3, -0.25) is 14.4 Å². The molecule has 26 heavy (non-hydrogen) atoms. The fourth-order valence-corrected chi connectivity index (χ4v) is 4.24. The number of likely N-dealkylation sites (tertiary alicyclic amines) is 2. The van der Waals surface area contributed by atoms with Crippen LogP contribution < -0.4 is 0 Å². The number of fused-ring (bicyclic) bond motifs is 1. The number of benzene rings is 1. The van der Waals surface area contributed by atoms with E-state index >= 15 is 0 Å². The maximum Gasteiger partial charge on any atom is 0.311 e. The van der Waals surface area contributed by atoms with Crippen molar-refractivity contribution in [3.05, 3.63) is 35.4 Å². The largest absolute Gasteiger partial charge is 0.481 e. The molecular formula is C20H26N2O4. The van der Waals surface area contributed by atoms with E-state index in [-0.39, 0.29) is 24.3 Å². The van der Waals surface area contributed by atoms with Gasteiger partial charge < -0.3 is 14.9 Å². The summed E-state index contributed by atoms with van der Waals surface area (Å²) >= 11 is 0. The average molecular weight is 358 g/mol. The Balaban J connectivity index is 1.75. The molecule has 2 saturated heterocycles. The molecule has 2 fully saturated rings. The fraction of sp³-hybridized carbons (Fsp3) is 0.550. The number of carboxylic acids is 1. The molecule has 1 aromatic rings. The van der Waals surface area contributed by atoms with Gasteiger partial charge in [-0.05, 0) is 25.3 Å². The van der Waals surface area contributed by atoms with Crippen molar-refractivity contribution in [2.45, 2.75) is 33.1 Å². The molecule has 2 atom stereocenters. The lowest BCUT2D eigenvalue weighted by atomic mass is 9.75. The fourth-order valence-electron chi connectivity index (χ4n) is 4.24. The summed E-state index contributed by atoms with van der Waals surface area (Å²) in [5, 5.41) is 9.87. The van der Waals surface area contributed by atoms with Crippen LogP contribution in [-0.4, -0.2) is 58.9 Å². The van der Waals surface area contributed by atoms with E-state index in [1.807, 2.05) is 31.2 Å². The summed E-state index contributed by atoms with van der Waals surface area (Å²) in [5.41, 5.74) is 1.19. The standard InChI is InChI=1S/C20H26N2O4/c1-14-4-6-16(7-5-14)10-18(24)21-9-3-8-20(19(25)26)13-22(15(2)23)12-17(20)11-21/h4-7,17H,3,8-13H2,1-2H3,(H,25,26)/t17-,20-/m1/s1. The summed E-state index contributed by atoms with van der Waals surface area (Å²) in [7, 11) is 0. The lowest BCUT2D eigenvalue weighted by Gasteiger charge is -2.29. The number of hydrogen-bond donors (Lipinski definition) is 1. The van der Waals surface area contributed by atoms with Gasteiger partial charge in [-0.1, -0.05) is 29.8 Å². The van der Waals surface area contributed by atoms with E-state index in [0.717, 1.165) is 11.1 Å². The molecule has 0 unspecified atom stereocenters. The molecule has 3 rings (SSSR count). The maximum atomic E-state index is 12.8. The van der Waals surface area contributed by atoms with Gasteiger partial charge in [-0.15, -0.1) is 0 Å². The molecule has 2 amide bonds. The van der Waals surface area contributed by atoms with Crippen molar-refractivity contribution < 1.29 is 19.5 Å². The first kappa shape index (κ1) is 18.4. The first-order valence-corrected chi connectivity index (χ1v) is 9.14. The maximum absolute atomic E-state index is 12.8. The average Bonchev–Trinajstić information content (AvgIpc) is 2.86. The van der Waals surface area contributed by atoms with E-state index < -0.39 is 11.4 Å². The summed E-state index contributed by atoms with van der Waals surface area (Å²) in [6, 6.07) is 7.89. The second-order valence-electron chi connectivity index (χ2n) is 7.66. The SMILES string of the molecule is CC(=O)N1C[C@H]2CN(C(=O)Cc3ccc(C)cc3)CCC[C@@]2(C(=O)O)C1. The van der Waals surface area contributed by atoms with Crippen LogP contribution in [-0.2, 0) is 20.8 Å². The molecule has 0 radical (unpaired) electrons. The second-order valence-corrected chi connectivity index (χ2v) is 7.66. The Labute approximate surface area is 153 Å². The zero-order valence-corrected chi connectivity index (χ0v) is 15.4. The topological polar surface area (TPSA) is 77.9 Å². The zero-order chi connectivity index (χ0) is 18.9. The van der Waals surface area contributed by atoms with E-state index in [1.165, 1.54) is 6.92 Å². The summed E-state index contributed by atoms with van der Waals surface area (Å²) in [4.78, 5) is 40.0. The Morgan fingerprint density at radius 2 is 1.81 bits per heavy atom. The van der Waals surface area contributed by atoms with Crippen LogP contribution in [0.25, 0.3) is 0 Å². The van der Waals surface area contributed by atoms with Crippen molar-refractivity contribution in [2.24, 2.45) is 11.3 Å². The Morgan fingerprint density at radius 1 is 1.15 bits per heavy atom. The molecule has 2 aliphatic rings. The predicted octanol–water partition coefficient (Wildman–Crippen LogP) is 1.71. The second kappa shape index (κ2) is 7.09. The van der Waals surface area contributed by atoms with Crippen LogP contribution in [0.4, 0.5) is 0 Å². The van der Waals surface area contributed by atoms with E-state index in [1.54, 1.807) is 9.80 Å². The Bertz CT molecular complexity index is 715. The highest BCUT2D eigenvalue weighted by Crippen LogP contribution is 2.43. The van der Waals surface area contributed by atoms with Gasteiger partial charge in [0, 0.05) is 39.0 Å². The number of carboxylic acid groups (broad SMARTS) is 1. The van der Waals surface area contributed by atoms with Gasteiger partial charge in [0.05, 0.1) is 11.8 Å². The Kier molecular flexibility index (Phi) is 5.03. The molecule has 6 nitrogen and oxygen atoms in total. The minimum absolute atomic E-state index is 0.0244. The monoisotopic (exact) mass is 358 g/mol. The molecule has 0 bridgehead atoms. The van der Waals surface area contributed by atoms with Crippen molar-refractivity contribution in [3.63, 3.8) is 0 Å². The summed E-state index contributed by atoms with van der Waals surface area (Å²) < 4.78 is 0. The van der Waals surface area contributed by atoms with Crippen molar-refractivity contribution in [3.8, 4) is 0 Å². The molecular weight excluding hydrogens is 332 g/mol. The van der Waals surface area contributed by atoms with Crippen LogP contribution in [0, 0.1) is 18.3 Å². The van der Waals surface area contributed by atoms with Crippen LogP contribution in [0.2, 0.25) is 0 Å². The minimum atomic E-state index is -0.926. The number of carbonyl (C=O) groups is 3. The number of aryl methyl sites for hydroxylation is 1. The molecule has 2 heterocycles. The van der Waals surface area contributed by atoms with Crippen molar-refractivity contribution in [2.75, 3.05) is 26.2 Å². The highest BCUT2D eigenvalue weighted by molar-refractivity contribution is 5.81. The molecule has 1 aromatic carbocycles. The van der Waals surface area contributed by atoms with Crippen LogP contribution in [0.5, 0.6) is 0 Å². The van der Waals surface area contributed by atoms with Crippen LogP contribution >= 0.6 is 0 Å². The van der Waals surface area contributed by atoms with Gasteiger partial charge >= 0.3 is 5.97 Å². The molecule has 0 saturated carbocycles. The molecule has 6 heteroatoms. The number of amides is 2. The number of carbonyl (C=O) groups excluding carboxylic acids is 2. The van der Waals surface area contributed by atoms with Crippen molar-refractivity contribution in [1.29, 1.82) is 0 Å². The smallest absolute Gasteiger partial charge is 0.311 e. The summed E-state index contributed by atoms with van der Waals surface area (Å²) in [6.45, 7) is 5.13. The van der Waals surface area contributed by atoms with E-state index in [9.17, 15) is 19.5 Å². The third kappa shape index (κ3) is 3.45. The van der Waals surface area contributed by atoms with Crippen LogP contribution in [0.1, 0.15) is 30.9 Å². The lowest BCUT2D eigenvalue weighted by molar-refractivity contribution is -0.151. The van der Waals surface area contributed by atoms with E-state index in [4.69, 9.17) is 0 Å². The van der Waals surface area contributed by atoms with Crippen molar-refractivity contribution in [1.82, 2.24) is 9.80 Å². The number of nitrogens with zero attached hydrogens (tertiary/aromatic N) is 2. The van der Waals surface area contributed by atoms with Crippen LogP contribution in [0.3, 0.4) is 0 Å². The molecule has 1 N–H and O–H groups in total. The third-order valence-corrected chi connectivity index (χ3v) is 5.89. The number of rotatable bonds is 3. The normalized spacial score (nSPS) is 25.5. The Morgan fingerprint density at radius 3 is 2.42 bits per heavy atom. The van der Waals surface area contributed by atoms with Gasteiger partial charge in [-0.25, -0.2) is 0 Å². The van der Waals surface area contributed by atoms with Gasteiger partial charge in [0.25, 0.3) is 0 Å². The quantitative estimate of drug-likeness (QED) is 0.892. The number of aliphatic carboxylic acids is 1. The van der Waals surface area contributed by atoms with E-state index in [0.29, 0.717) is 38.9 Å². The predicted molar refractivity (Wildman–Crippen MR) is 96.5 cm³/mol.